The number of aldehydes is 1. The molecule has 0 aromatic heterocycles. The first-order chi connectivity index (χ1) is 3.84. The highest BCUT2D eigenvalue weighted by Gasteiger charge is 2.22. The van der Waals surface area contributed by atoms with E-state index in [1.165, 1.54) is 0 Å². The maximum absolute atomic E-state index is 10.1. The van der Waals surface area contributed by atoms with Crippen molar-refractivity contribution in [2.75, 3.05) is 6.61 Å². The Morgan fingerprint density at radius 2 is 2.50 bits per heavy atom. The minimum atomic E-state index is 0.160. The fraction of sp³-hybridized carbons (Fsp3) is 0.833. The molecule has 2 heteroatoms. The molecule has 0 aliphatic carbocycles. The summed E-state index contributed by atoms with van der Waals surface area (Å²) in [6, 6.07) is 0. The average Bonchev–Trinajstić information content (AvgIpc) is 2.14. The van der Waals surface area contributed by atoms with Gasteiger partial charge in [-0.25, -0.2) is 0 Å². The lowest BCUT2D eigenvalue weighted by Crippen LogP contribution is -2.11. The van der Waals surface area contributed by atoms with E-state index >= 15 is 0 Å². The Morgan fingerprint density at radius 3 is 2.75 bits per heavy atom. The van der Waals surface area contributed by atoms with Crippen LogP contribution in [0.15, 0.2) is 0 Å². The Balaban J connectivity index is 2.41. The van der Waals surface area contributed by atoms with E-state index in [0.717, 1.165) is 19.3 Å². The van der Waals surface area contributed by atoms with Crippen LogP contribution < -0.4 is 0 Å². The van der Waals surface area contributed by atoms with Gasteiger partial charge in [-0.2, -0.15) is 0 Å². The van der Waals surface area contributed by atoms with Crippen molar-refractivity contribution in [2.24, 2.45) is 5.92 Å². The van der Waals surface area contributed by atoms with Crippen LogP contribution in [0.4, 0.5) is 0 Å². The highest BCUT2D eigenvalue weighted by molar-refractivity contribution is 5.54. The maximum Gasteiger partial charge on any atom is 0.125 e. The first kappa shape index (κ1) is 5.76. The van der Waals surface area contributed by atoms with E-state index in [-0.39, 0.29) is 12.0 Å². The zero-order valence-corrected chi connectivity index (χ0v) is 4.96. The molecule has 0 saturated carbocycles. The summed E-state index contributed by atoms with van der Waals surface area (Å²) in [6.45, 7) is 2.69. The van der Waals surface area contributed by atoms with Crippen molar-refractivity contribution in [3.63, 3.8) is 0 Å². The average molecular weight is 114 g/mol. The lowest BCUT2D eigenvalue weighted by atomic mass is 10.1. The van der Waals surface area contributed by atoms with Crippen molar-refractivity contribution in [1.82, 2.24) is 0 Å². The summed E-state index contributed by atoms with van der Waals surface area (Å²) in [5, 5.41) is 0. The van der Waals surface area contributed by atoms with Crippen LogP contribution in [0.2, 0.25) is 0 Å². The SMILES string of the molecule is C[C@@H]1OCCC1C=O. The number of carbonyl (C=O) groups excluding carboxylic acids is 1. The quantitative estimate of drug-likeness (QED) is 0.467. The molecule has 1 aliphatic rings. The molecule has 0 aromatic carbocycles. The lowest BCUT2D eigenvalue weighted by molar-refractivity contribution is -0.112. The van der Waals surface area contributed by atoms with E-state index in [1.54, 1.807) is 0 Å². The Morgan fingerprint density at radius 1 is 1.75 bits per heavy atom. The summed E-state index contributed by atoms with van der Waals surface area (Å²) >= 11 is 0. The number of hydrogen-bond donors (Lipinski definition) is 0. The third kappa shape index (κ3) is 0.892. The third-order valence-electron chi connectivity index (χ3n) is 1.61. The third-order valence-corrected chi connectivity index (χ3v) is 1.61. The predicted molar refractivity (Wildman–Crippen MR) is 29.6 cm³/mol. The molecule has 1 unspecified atom stereocenters. The van der Waals surface area contributed by atoms with Crippen LogP contribution in [0.1, 0.15) is 13.3 Å². The van der Waals surface area contributed by atoms with E-state index < -0.39 is 0 Å². The van der Waals surface area contributed by atoms with Gasteiger partial charge >= 0.3 is 0 Å². The Kier molecular flexibility index (Phi) is 1.63. The summed E-state index contributed by atoms with van der Waals surface area (Å²) < 4.78 is 5.13. The number of rotatable bonds is 1. The zero-order valence-electron chi connectivity index (χ0n) is 4.96. The summed E-state index contributed by atoms with van der Waals surface area (Å²) in [7, 11) is 0. The van der Waals surface area contributed by atoms with Crippen LogP contribution in [-0.4, -0.2) is 19.0 Å². The summed E-state index contributed by atoms with van der Waals surface area (Å²) in [5.74, 6) is 0.162. The van der Waals surface area contributed by atoms with Gasteiger partial charge in [0.15, 0.2) is 0 Å². The molecular formula is C6H10O2. The van der Waals surface area contributed by atoms with Crippen molar-refractivity contribution in [3.8, 4) is 0 Å². The molecule has 8 heavy (non-hydrogen) atoms. The van der Waals surface area contributed by atoms with Gasteiger partial charge in [-0.3, -0.25) is 0 Å². The molecule has 0 bridgehead atoms. The molecule has 2 atom stereocenters. The van der Waals surface area contributed by atoms with Crippen LogP contribution in [0.3, 0.4) is 0 Å². The molecule has 1 aliphatic heterocycles. The van der Waals surface area contributed by atoms with Gasteiger partial charge < -0.3 is 9.53 Å². The van der Waals surface area contributed by atoms with E-state index in [4.69, 9.17) is 4.74 Å². The van der Waals surface area contributed by atoms with Gasteiger partial charge in [0.1, 0.15) is 6.29 Å². The van der Waals surface area contributed by atoms with Gasteiger partial charge in [0.2, 0.25) is 0 Å². The van der Waals surface area contributed by atoms with Crippen molar-refractivity contribution in [2.45, 2.75) is 19.4 Å². The second-order valence-electron chi connectivity index (χ2n) is 2.16. The molecule has 1 saturated heterocycles. The topological polar surface area (TPSA) is 26.3 Å². The number of hydrogen-bond acceptors (Lipinski definition) is 2. The predicted octanol–water partition coefficient (Wildman–Crippen LogP) is 0.610. The van der Waals surface area contributed by atoms with Crippen LogP contribution in [0, 0.1) is 5.92 Å². The van der Waals surface area contributed by atoms with E-state index in [0.29, 0.717) is 0 Å². The summed E-state index contributed by atoms with van der Waals surface area (Å²) in [4.78, 5) is 10.1. The fourth-order valence-corrected chi connectivity index (χ4v) is 0.927. The van der Waals surface area contributed by atoms with Gasteiger partial charge in [-0.1, -0.05) is 0 Å². The lowest BCUT2D eigenvalue weighted by Gasteiger charge is -2.03. The molecule has 0 aromatic rings. The van der Waals surface area contributed by atoms with Gasteiger partial charge in [-0.05, 0) is 13.3 Å². The Hall–Kier alpha value is -0.370. The molecule has 1 heterocycles. The maximum atomic E-state index is 10.1. The molecule has 46 valence electrons. The normalized spacial score (nSPS) is 37.6. The summed E-state index contributed by atoms with van der Waals surface area (Å²) in [6.07, 6.45) is 2.05. The minimum Gasteiger partial charge on any atom is -0.378 e. The molecule has 1 rings (SSSR count). The van der Waals surface area contributed by atoms with E-state index in [9.17, 15) is 4.79 Å². The first-order valence-corrected chi connectivity index (χ1v) is 2.91. The number of carbonyl (C=O) groups is 1. The second-order valence-corrected chi connectivity index (χ2v) is 2.16. The van der Waals surface area contributed by atoms with Crippen molar-refractivity contribution in [3.05, 3.63) is 0 Å². The monoisotopic (exact) mass is 114 g/mol. The van der Waals surface area contributed by atoms with Crippen LogP contribution in [0.5, 0.6) is 0 Å². The van der Waals surface area contributed by atoms with Gasteiger partial charge in [0, 0.05) is 12.5 Å². The standard InChI is InChI=1S/C6H10O2/c1-5-6(4-7)2-3-8-5/h4-6H,2-3H2,1H3/t5-,6?/m0/s1. The fourth-order valence-electron chi connectivity index (χ4n) is 0.927. The smallest absolute Gasteiger partial charge is 0.125 e. The number of ether oxygens (including phenoxy) is 1. The van der Waals surface area contributed by atoms with Crippen molar-refractivity contribution < 1.29 is 9.53 Å². The highest BCUT2D eigenvalue weighted by Crippen LogP contribution is 2.17. The molecule has 0 N–H and O–H groups in total. The van der Waals surface area contributed by atoms with E-state index in [1.807, 2.05) is 6.92 Å². The van der Waals surface area contributed by atoms with Crippen LogP contribution >= 0.6 is 0 Å². The van der Waals surface area contributed by atoms with Crippen LogP contribution in [-0.2, 0) is 9.53 Å². The Bertz CT molecular complexity index is 90.5. The molecule has 1 fully saturated rings. The van der Waals surface area contributed by atoms with Crippen LogP contribution in [0.25, 0.3) is 0 Å². The van der Waals surface area contributed by atoms with Crippen molar-refractivity contribution in [1.29, 1.82) is 0 Å². The Labute approximate surface area is 48.8 Å². The molecule has 0 radical (unpaired) electrons. The second kappa shape index (κ2) is 2.27. The zero-order chi connectivity index (χ0) is 5.98. The molecule has 0 spiro atoms. The van der Waals surface area contributed by atoms with Gasteiger partial charge in [0.05, 0.1) is 6.10 Å². The van der Waals surface area contributed by atoms with E-state index in [2.05, 4.69) is 0 Å². The summed E-state index contributed by atoms with van der Waals surface area (Å²) in [5.41, 5.74) is 0. The largest absolute Gasteiger partial charge is 0.378 e. The highest BCUT2D eigenvalue weighted by atomic mass is 16.5. The molecular weight excluding hydrogens is 104 g/mol. The van der Waals surface area contributed by atoms with Gasteiger partial charge in [0.25, 0.3) is 0 Å². The molecule has 2 nitrogen and oxygen atoms in total. The first-order valence-electron chi connectivity index (χ1n) is 2.91. The molecule has 0 amide bonds. The minimum absolute atomic E-state index is 0.160. The van der Waals surface area contributed by atoms with Crippen molar-refractivity contribution >= 4 is 6.29 Å². The van der Waals surface area contributed by atoms with Gasteiger partial charge in [-0.15, -0.1) is 0 Å².